The van der Waals surface area contributed by atoms with Crippen molar-refractivity contribution in [1.29, 1.82) is 0 Å². The number of hydrogen-bond donors (Lipinski definition) is 0. The zero-order valence-electron chi connectivity index (χ0n) is 12.7. The van der Waals surface area contributed by atoms with Crippen molar-refractivity contribution in [3.05, 3.63) is 11.6 Å². The summed E-state index contributed by atoms with van der Waals surface area (Å²) in [7, 11) is -3.09. The van der Waals surface area contributed by atoms with Crippen molar-refractivity contribution < 1.29 is 13.2 Å². The van der Waals surface area contributed by atoms with Crippen molar-refractivity contribution in [3.63, 3.8) is 0 Å². The first-order valence-electron chi connectivity index (χ1n) is 7.33. The summed E-state index contributed by atoms with van der Waals surface area (Å²) in [5.74, 6) is 0.568. The van der Waals surface area contributed by atoms with Crippen LogP contribution in [0.5, 0.6) is 0 Å². The molecule has 1 heterocycles. The van der Waals surface area contributed by atoms with Crippen LogP contribution in [0.25, 0.3) is 0 Å². The predicted octanol–water partition coefficient (Wildman–Crippen LogP) is 2.36. The van der Waals surface area contributed by atoms with E-state index in [-0.39, 0.29) is 11.2 Å². The van der Waals surface area contributed by atoms with Crippen LogP contribution < -0.4 is 0 Å². The molecule has 0 aromatic heterocycles. The molecular weight excluding hydrogens is 274 g/mol. The predicted molar refractivity (Wildman–Crippen MR) is 79.9 cm³/mol. The van der Waals surface area contributed by atoms with E-state index in [0.717, 1.165) is 25.7 Å². The highest BCUT2D eigenvalue weighted by molar-refractivity contribution is 7.88. The SMILES string of the molecule is CC1(C)CC(=O)C=C(CC2CCCN(S(C)(=O)=O)C2)C1. The van der Waals surface area contributed by atoms with Gasteiger partial charge in [-0.05, 0) is 43.1 Å². The van der Waals surface area contributed by atoms with E-state index in [4.69, 9.17) is 0 Å². The fourth-order valence-electron chi connectivity index (χ4n) is 3.48. The lowest BCUT2D eigenvalue weighted by Gasteiger charge is -2.34. The number of carbonyl (C=O) groups excluding carboxylic acids is 1. The second-order valence-corrected chi connectivity index (χ2v) is 9.10. The molecular formula is C15H25NO3S. The largest absolute Gasteiger partial charge is 0.295 e. The Bertz CT molecular complexity index is 519. The van der Waals surface area contributed by atoms with Gasteiger partial charge in [-0.25, -0.2) is 12.7 Å². The standard InChI is InChI=1S/C15H25NO3S/c1-15(2)9-13(8-14(17)10-15)7-12-5-4-6-16(11-12)20(3,18)19/h8,12H,4-7,9-11H2,1-3H3. The molecule has 0 bridgehead atoms. The van der Waals surface area contributed by atoms with Crippen LogP contribution in [0.1, 0.15) is 46.0 Å². The number of nitrogens with zero attached hydrogens (tertiary/aromatic N) is 1. The third-order valence-electron chi connectivity index (χ3n) is 4.23. The van der Waals surface area contributed by atoms with Crippen molar-refractivity contribution in [2.75, 3.05) is 19.3 Å². The van der Waals surface area contributed by atoms with Crippen molar-refractivity contribution in [3.8, 4) is 0 Å². The molecule has 1 aliphatic heterocycles. The van der Waals surface area contributed by atoms with Crippen LogP contribution in [0, 0.1) is 11.3 Å². The first kappa shape index (κ1) is 15.7. The van der Waals surface area contributed by atoms with Gasteiger partial charge in [-0.1, -0.05) is 19.4 Å². The molecule has 2 rings (SSSR count). The number of piperidine rings is 1. The quantitative estimate of drug-likeness (QED) is 0.804. The maximum Gasteiger partial charge on any atom is 0.211 e. The fraction of sp³-hybridized carbons (Fsp3) is 0.800. The topological polar surface area (TPSA) is 54.5 Å². The van der Waals surface area contributed by atoms with Gasteiger partial charge in [0, 0.05) is 19.5 Å². The molecule has 0 aromatic rings. The molecule has 1 atom stereocenters. The van der Waals surface area contributed by atoms with E-state index >= 15 is 0 Å². The zero-order valence-corrected chi connectivity index (χ0v) is 13.5. The molecule has 2 aliphatic rings. The molecule has 1 unspecified atom stereocenters. The molecule has 1 fully saturated rings. The van der Waals surface area contributed by atoms with E-state index in [9.17, 15) is 13.2 Å². The van der Waals surface area contributed by atoms with Gasteiger partial charge in [-0.15, -0.1) is 0 Å². The number of allylic oxidation sites excluding steroid dienone is 2. The maximum atomic E-state index is 11.8. The Balaban J connectivity index is 2.01. The summed E-state index contributed by atoms with van der Waals surface area (Å²) < 4.78 is 24.9. The molecule has 114 valence electrons. The van der Waals surface area contributed by atoms with Crippen molar-refractivity contribution in [1.82, 2.24) is 4.31 Å². The van der Waals surface area contributed by atoms with Gasteiger partial charge in [0.15, 0.2) is 5.78 Å². The summed E-state index contributed by atoms with van der Waals surface area (Å²) in [6.45, 7) is 5.49. The van der Waals surface area contributed by atoms with Crippen LogP contribution in [-0.4, -0.2) is 37.9 Å². The average molecular weight is 299 g/mol. The highest BCUT2D eigenvalue weighted by atomic mass is 32.2. The van der Waals surface area contributed by atoms with Gasteiger partial charge in [-0.3, -0.25) is 4.79 Å². The minimum Gasteiger partial charge on any atom is -0.295 e. The van der Waals surface area contributed by atoms with Gasteiger partial charge in [0.05, 0.1) is 6.26 Å². The monoisotopic (exact) mass is 299 g/mol. The molecule has 0 spiro atoms. The molecule has 20 heavy (non-hydrogen) atoms. The Labute approximate surface area is 122 Å². The minimum absolute atomic E-state index is 0.0480. The maximum absolute atomic E-state index is 11.8. The van der Waals surface area contributed by atoms with E-state index in [1.165, 1.54) is 11.8 Å². The molecule has 1 aliphatic carbocycles. The van der Waals surface area contributed by atoms with Crippen molar-refractivity contribution in [2.24, 2.45) is 11.3 Å². The average Bonchev–Trinajstić information content (AvgIpc) is 2.25. The lowest BCUT2D eigenvalue weighted by Crippen LogP contribution is -2.39. The molecule has 5 heteroatoms. The Morgan fingerprint density at radius 1 is 1.35 bits per heavy atom. The Hall–Kier alpha value is -0.680. The van der Waals surface area contributed by atoms with Crippen LogP contribution in [0.15, 0.2) is 11.6 Å². The van der Waals surface area contributed by atoms with Crippen molar-refractivity contribution in [2.45, 2.75) is 46.0 Å². The summed E-state index contributed by atoms with van der Waals surface area (Å²) in [6, 6.07) is 0. The highest BCUT2D eigenvalue weighted by Crippen LogP contribution is 2.37. The minimum atomic E-state index is -3.09. The van der Waals surface area contributed by atoms with Gasteiger partial charge in [-0.2, -0.15) is 0 Å². The van der Waals surface area contributed by atoms with Crippen LogP contribution >= 0.6 is 0 Å². The van der Waals surface area contributed by atoms with E-state index in [1.807, 2.05) is 0 Å². The zero-order chi connectivity index (χ0) is 15.0. The Morgan fingerprint density at radius 3 is 2.65 bits per heavy atom. The van der Waals surface area contributed by atoms with Gasteiger partial charge >= 0.3 is 0 Å². The first-order valence-corrected chi connectivity index (χ1v) is 9.18. The summed E-state index contributed by atoms with van der Waals surface area (Å²) in [4.78, 5) is 11.8. The van der Waals surface area contributed by atoms with Gasteiger partial charge in [0.25, 0.3) is 0 Å². The normalized spacial score (nSPS) is 28.2. The van der Waals surface area contributed by atoms with Gasteiger partial charge < -0.3 is 0 Å². The lowest BCUT2D eigenvalue weighted by molar-refractivity contribution is -0.117. The van der Waals surface area contributed by atoms with E-state index < -0.39 is 10.0 Å². The fourth-order valence-corrected chi connectivity index (χ4v) is 4.42. The summed E-state index contributed by atoms with van der Waals surface area (Å²) in [5, 5.41) is 0. The van der Waals surface area contributed by atoms with Crippen LogP contribution in [0.2, 0.25) is 0 Å². The smallest absolute Gasteiger partial charge is 0.211 e. The van der Waals surface area contributed by atoms with Crippen molar-refractivity contribution >= 4 is 15.8 Å². The number of hydrogen-bond acceptors (Lipinski definition) is 3. The molecule has 0 radical (unpaired) electrons. The second-order valence-electron chi connectivity index (χ2n) is 7.12. The highest BCUT2D eigenvalue weighted by Gasteiger charge is 2.31. The molecule has 4 nitrogen and oxygen atoms in total. The second kappa shape index (κ2) is 5.60. The van der Waals surface area contributed by atoms with Crippen LogP contribution in [0.3, 0.4) is 0 Å². The van der Waals surface area contributed by atoms with E-state index in [0.29, 0.717) is 25.4 Å². The Morgan fingerprint density at radius 2 is 2.05 bits per heavy atom. The molecule has 0 aromatic carbocycles. The molecule has 1 saturated heterocycles. The molecule has 0 saturated carbocycles. The van der Waals surface area contributed by atoms with E-state index in [1.54, 1.807) is 10.4 Å². The number of rotatable bonds is 3. The molecule has 0 amide bonds. The van der Waals surface area contributed by atoms with E-state index in [2.05, 4.69) is 13.8 Å². The lowest BCUT2D eigenvalue weighted by atomic mass is 9.74. The summed E-state index contributed by atoms with van der Waals surface area (Å²) in [5.41, 5.74) is 1.25. The number of carbonyl (C=O) groups is 1. The summed E-state index contributed by atoms with van der Waals surface area (Å²) >= 11 is 0. The number of sulfonamides is 1. The van der Waals surface area contributed by atoms with Gasteiger partial charge in [0.1, 0.15) is 0 Å². The third kappa shape index (κ3) is 4.16. The van der Waals surface area contributed by atoms with Crippen LogP contribution in [0.4, 0.5) is 0 Å². The third-order valence-corrected chi connectivity index (χ3v) is 5.49. The van der Waals surface area contributed by atoms with Crippen LogP contribution in [-0.2, 0) is 14.8 Å². The van der Waals surface area contributed by atoms with Gasteiger partial charge in [0.2, 0.25) is 10.0 Å². The first-order chi connectivity index (χ1) is 9.16. The Kier molecular flexibility index (Phi) is 4.40. The molecule has 0 N–H and O–H groups in total. The summed E-state index contributed by atoms with van der Waals surface area (Å²) in [6.07, 6.45) is 7.48. The number of ketones is 1.